The van der Waals surface area contributed by atoms with Gasteiger partial charge in [-0.15, -0.1) is 0 Å². The topological polar surface area (TPSA) is 78.9 Å². The molecule has 0 saturated carbocycles. The van der Waals surface area contributed by atoms with Gasteiger partial charge in [0, 0.05) is 19.3 Å². The number of hydrogen-bond donors (Lipinski definition) is 0. The van der Waals surface area contributed by atoms with E-state index in [2.05, 4.69) is 93.7 Å². The van der Waals surface area contributed by atoms with Crippen LogP contribution in [0.15, 0.2) is 72.9 Å². The van der Waals surface area contributed by atoms with Crippen molar-refractivity contribution in [2.24, 2.45) is 0 Å². The van der Waals surface area contributed by atoms with Gasteiger partial charge in [0.1, 0.15) is 13.2 Å². The molecule has 0 aromatic carbocycles. The minimum Gasteiger partial charge on any atom is -0.462 e. The van der Waals surface area contributed by atoms with Gasteiger partial charge in [-0.1, -0.05) is 331 Å². The maximum atomic E-state index is 12.9. The highest BCUT2D eigenvalue weighted by atomic mass is 16.6. The first-order valence-corrected chi connectivity index (χ1v) is 35.4. The van der Waals surface area contributed by atoms with Crippen molar-refractivity contribution in [3.05, 3.63) is 72.9 Å². The molecule has 0 rings (SSSR count). The summed E-state index contributed by atoms with van der Waals surface area (Å²) in [6.07, 6.45) is 90.8. The van der Waals surface area contributed by atoms with Gasteiger partial charge in [-0.05, 0) is 89.9 Å². The van der Waals surface area contributed by atoms with E-state index in [0.717, 1.165) is 96.3 Å². The Hall–Kier alpha value is -3.15. The Morgan fingerprint density at radius 1 is 0.259 bits per heavy atom. The third-order valence-corrected chi connectivity index (χ3v) is 15.7. The average molecular weight is 1130 g/mol. The van der Waals surface area contributed by atoms with E-state index < -0.39 is 6.10 Å². The van der Waals surface area contributed by atoms with Crippen LogP contribution in [0.2, 0.25) is 0 Å². The van der Waals surface area contributed by atoms with Crippen molar-refractivity contribution >= 4 is 17.9 Å². The van der Waals surface area contributed by atoms with Crippen LogP contribution in [0.4, 0.5) is 0 Å². The monoisotopic (exact) mass is 1130 g/mol. The Balaban J connectivity index is 4.09. The molecule has 0 bridgehead atoms. The number of carbonyl (C=O) groups is 3. The molecule has 1 atom stereocenters. The van der Waals surface area contributed by atoms with Gasteiger partial charge in [0.05, 0.1) is 0 Å². The summed E-state index contributed by atoms with van der Waals surface area (Å²) in [5, 5.41) is 0. The average Bonchev–Trinajstić information content (AvgIpc) is 3.46. The van der Waals surface area contributed by atoms with Crippen molar-refractivity contribution in [2.75, 3.05) is 13.2 Å². The van der Waals surface area contributed by atoms with Gasteiger partial charge in [-0.2, -0.15) is 0 Å². The minimum absolute atomic E-state index is 0.0712. The Bertz CT molecular complexity index is 1490. The van der Waals surface area contributed by atoms with Crippen molar-refractivity contribution in [2.45, 2.75) is 374 Å². The first-order valence-electron chi connectivity index (χ1n) is 35.4. The maximum Gasteiger partial charge on any atom is 0.306 e. The third kappa shape index (κ3) is 67.5. The summed E-state index contributed by atoms with van der Waals surface area (Å²) in [5.41, 5.74) is 0. The molecule has 6 nitrogen and oxygen atoms in total. The molecule has 0 saturated heterocycles. The summed E-state index contributed by atoms with van der Waals surface area (Å²) < 4.78 is 17.0. The van der Waals surface area contributed by atoms with E-state index in [0.29, 0.717) is 19.3 Å². The highest BCUT2D eigenvalue weighted by Crippen LogP contribution is 2.18. The number of unbranched alkanes of at least 4 members (excludes halogenated alkanes) is 42. The van der Waals surface area contributed by atoms with Gasteiger partial charge in [-0.3, -0.25) is 14.4 Å². The van der Waals surface area contributed by atoms with Crippen LogP contribution in [0.1, 0.15) is 367 Å². The molecule has 0 spiro atoms. The zero-order chi connectivity index (χ0) is 58.5. The molecular weight excluding hydrogens is 997 g/mol. The Labute approximate surface area is 503 Å². The van der Waals surface area contributed by atoms with Gasteiger partial charge in [0.15, 0.2) is 6.10 Å². The van der Waals surface area contributed by atoms with Gasteiger partial charge < -0.3 is 14.2 Å². The summed E-state index contributed by atoms with van der Waals surface area (Å²) in [7, 11) is 0. The smallest absolute Gasteiger partial charge is 0.306 e. The van der Waals surface area contributed by atoms with Crippen molar-refractivity contribution in [3.8, 4) is 0 Å². The van der Waals surface area contributed by atoms with E-state index in [-0.39, 0.29) is 31.1 Å². The predicted octanol–water partition coefficient (Wildman–Crippen LogP) is 24.4. The van der Waals surface area contributed by atoms with Gasteiger partial charge >= 0.3 is 17.9 Å². The number of hydrogen-bond acceptors (Lipinski definition) is 6. The molecule has 0 aromatic heterocycles. The lowest BCUT2D eigenvalue weighted by molar-refractivity contribution is -0.167. The molecule has 0 aromatic rings. The Kier molecular flexibility index (Phi) is 66.6. The molecule has 470 valence electrons. The minimum atomic E-state index is -0.774. The zero-order valence-corrected chi connectivity index (χ0v) is 54.1. The van der Waals surface area contributed by atoms with E-state index in [9.17, 15) is 14.4 Å². The van der Waals surface area contributed by atoms with E-state index in [4.69, 9.17) is 14.2 Å². The van der Waals surface area contributed by atoms with E-state index in [1.807, 2.05) is 0 Å². The lowest BCUT2D eigenvalue weighted by Crippen LogP contribution is -2.30. The molecule has 0 radical (unpaired) electrons. The molecule has 0 N–H and O–H groups in total. The van der Waals surface area contributed by atoms with Crippen LogP contribution in [-0.2, 0) is 28.6 Å². The first kappa shape index (κ1) is 77.9. The second kappa shape index (κ2) is 69.3. The summed E-state index contributed by atoms with van der Waals surface area (Å²) in [5.74, 6) is -0.857. The molecular formula is C75H134O6. The molecule has 1 unspecified atom stereocenters. The van der Waals surface area contributed by atoms with Gasteiger partial charge in [0.25, 0.3) is 0 Å². The fourth-order valence-corrected chi connectivity index (χ4v) is 10.4. The number of rotatable bonds is 65. The van der Waals surface area contributed by atoms with Crippen LogP contribution in [0, 0.1) is 0 Å². The molecule has 0 aliphatic rings. The standard InChI is InChI=1S/C75H134O6/c1-4-7-10-13-16-19-22-25-27-28-29-30-31-32-33-34-35-36-37-38-39-40-41-42-43-44-45-46-48-50-53-56-59-62-65-68-74(77)80-71-72(70-79-73(76)67-64-61-58-55-52-49-24-21-18-15-12-9-6-3)81-75(78)69-66-63-60-57-54-51-47-26-23-20-17-14-11-8-5-2/h7,10,16,19,21,24-25,27,29-30,32-33,72H,4-6,8-9,11-15,17-18,20,22-23,26,28,31,34-71H2,1-3H3/b10-7-,19-16-,24-21-,27-25-,30-29-,33-32-. The van der Waals surface area contributed by atoms with Crippen LogP contribution in [0.5, 0.6) is 0 Å². The predicted molar refractivity (Wildman–Crippen MR) is 353 cm³/mol. The Morgan fingerprint density at radius 2 is 0.481 bits per heavy atom. The van der Waals surface area contributed by atoms with Crippen molar-refractivity contribution < 1.29 is 28.6 Å². The summed E-state index contributed by atoms with van der Waals surface area (Å²) in [6, 6.07) is 0. The van der Waals surface area contributed by atoms with Gasteiger partial charge in [0.2, 0.25) is 0 Å². The largest absolute Gasteiger partial charge is 0.462 e. The van der Waals surface area contributed by atoms with Crippen LogP contribution in [-0.4, -0.2) is 37.2 Å². The molecule has 6 heteroatoms. The maximum absolute atomic E-state index is 12.9. The number of esters is 3. The van der Waals surface area contributed by atoms with Crippen LogP contribution in [0.25, 0.3) is 0 Å². The second-order valence-electron chi connectivity index (χ2n) is 23.8. The van der Waals surface area contributed by atoms with Crippen molar-refractivity contribution in [1.82, 2.24) is 0 Å². The van der Waals surface area contributed by atoms with Gasteiger partial charge in [-0.25, -0.2) is 0 Å². The van der Waals surface area contributed by atoms with E-state index >= 15 is 0 Å². The molecule has 0 aliphatic carbocycles. The Morgan fingerprint density at radius 3 is 0.778 bits per heavy atom. The van der Waals surface area contributed by atoms with Crippen molar-refractivity contribution in [1.29, 1.82) is 0 Å². The highest BCUT2D eigenvalue weighted by Gasteiger charge is 2.19. The molecule has 0 fully saturated rings. The molecule has 0 aliphatic heterocycles. The fraction of sp³-hybridized carbons (Fsp3) is 0.800. The number of ether oxygens (including phenoxy) is 3. The van der Waals surface area contributed by atoms with Crippen LogP contribution < -0.4 is 0 Å². The van der Waals surface area contributed by atoms with Crippen molar-refractivity contribution in [3.63, 3.8) is 0 Å². The lowest BCUT2D eigenvalue weighted by Gasteiger charge is -2.18. The number of carbonyl (C=O) groups excluding carboxylic acids is 3. The van der Waals surface area contributed by atoms with Crippen LogP contribution in [0.3, 0.4) is 0 Å². The van der Waals surface area contributed by atoms with E-state index in [1.54, 1.807) is 0 Å². The molecule has 81 heavy (non-hydrogen) atoms. The first-order chi connectivity index (χ1) is 40.0. The van der Waals surface area contributed by atoms with Crippen LogP contribution >= 0.6 is 0 Å². The third-order valence-electron chi connectivity index (χ3n) is 15.7. The normalized spacial score (nSPS) is 12.5. The highest BCUT2D eigenvalue weighted by molar-refractivity contribution is 5.71. The molecule has 0 amide bonds. The molecule has 0 heterocycles. The second-order valence-corrected chi connectivity index (χ2v) is 23.8. The lowest BCUT2D eigenvalue weighted by atomic mass is 10.0. The summed E-state index contributed by atoms with van der Waals surface area (Å²) in [6.45, 7) is 6.56. The number of allylic oxidation sites excluding steroid dienone is 12. The summed E-state index contributed by atoms with van der Waals surface area (Å²) in [4.78, 5) is 38.3. The quantitative estimate of drug-likeness (QED) is 0.0261. The zero-order valence-electron chi connectivity index (χ0n) is 54.1. The SMILES string of the molecule is CC/C=C\C/C=C\C/C=C\C/C=C\C/C=C\CCCCCCCCCCCCCCCCCCCCCC(=O)OCC(COC(=O)CCCCCCC/C=C\CCCCCC)OC(=O)CCCCCCCCCCCCCCCCC. The van der Waals surface area contributed by atoms with E-state index in [1.165, 1.54) is 231 Å². The fourth-order valence-electron chi connectivity index (χ4n) is 10.4. The summed E-state index contributed by atoms with van der Waals surface area (Å²) >= 11 is 0.